The molecule has 0 radical (unpaired) electrons. The van der Waals surface area contributed by atoms with Gasteiger partial charge in [-0.1, -0.05) is 53.0 Å². The molecule has 0 saturated carbocycles. The third-order valence-electron chi connectivity index (χ3n) is 5.70. The van der Waals surface area contributed by atoms with Crippen LogP contribution in [-0.2, 0) is 40.4 Å². The van der Waals surface area contributed by atoms with Crippen molar-refractivity contribution < 1.29 is 26.4 Å². The van der Waals surface area contributed by atoms with Gasteiger partial charge in [0.2, 0.25) is 15.9 Å². The highest BCUT2D eigenvalue weighted by Gasteiger charge is 2.31. The summed E-state index contributed by atoms with van der Waals surface area (Å²) in [4.78, 5) is 12.6. The van der Waals surface area contributed by atoms with Gasteiger partial charge in [0.1, 0.15) is 0 Å². The fourth-order valence-electron chi connectivity index (χ4n) is 3.95. The molecule has 0 unspecified atom stereocenters. The summed E-state index contributed by atoms with van der Waals surface area (Å²) >= 11 is 18.3. The largest absolute Gasteiger partial charge is 0.416 e. The molecule has 0 saturated heterocycles. The summed E-state index contributed by atoms with van der Waals surface area (Å²) in [6, 6.07) is 11.7. The van der Waals surface area contributed by atoms with E-state index in [-0.39, 0.29) is 45.9 Å². The van der Waals surface area contributed by atoms with Gasteiger partial charge in [-0.3, -0.25) is 4.79 Å². The van der Waals surface area contributed by atoms with E-state index in [0.717, 1.165) is 12.1 Å². The van der Waals surface area contributed by atoms with Crippen molar-refractivity contribution in [2.24, 2.45) is 0 Å². The van der Waals surface area contributed by atoms with Crippen LogP contribution >= 0.6 is 34.8 Å². The zero-order chi connectivity index (χ0) is 26.3. The number of alkyl halides is 3. The second-order valence-electron chi connectivity index (χ2n) is 8.17. The van der Waals surface area contributed by atoms with E-state index in [1.54, 1.807) is 12.1 Å². The normalized spacial score (nSPS) is 14.4. The number of benzene rings is 3. The average molecular weight is 578 g/mol. The third-order valence-corrected chi connectivity index (χ3v) is 8.28. The number of rotatable bonds is 5. The Balaban J connectivity index is 1.52. The minimum Gasteiger partial charge on any atom is -0.324 e. The first-order valence-corrected chi connectivity index (χ1v) is 13.1. The van der Waals surface area contributed by atoms with Crippen LogP contribution in [0, 0.1) is 0 Å². The van der Waals surface area contributed by atoms with E-state index in [9.17, 15) is 26.4 Å². The number of fused-ring (bicyclic) bond motifs is 1. The maximum absolute atomic E-state index is 13.2. The molecule has 4 rings (SSSR count). The van der Waals surface area contributed by atoms with E-state index in [0.29, 0.717) is 22.4 Å². The molecule has 0 fully saturated rings. The van der Waals surface area contributed by atoms with E-state index in [2.05, 4.69) is 5.32 Å². The lowest BCUT2D eigenvalue weighted by Crippen LogP contribution is -2.36. The number of anilines is 1. The molecule has 3 aromatic rings. The van der Waals surface area contributed by atoms with Crippen molar-refractivity contribution in [2.45, 2.75) is 30.5 Å². The van der Waals surface area contributed by atoms with Crippen LogP contribution in [0.2, 0.25) is 15.1 Å². The van der Waals surface area contributed by atoms with Crippen molar-refractivity contribution in [1.82, 2.24) is 4.31 Å². The van der Waals surface area contributed by atoms with Crippen LogP contribution in [0.1, 0.15) is 22.3 Å². The molecule has 12 heteroatoms. The molecule has 1 aliphatic rings. The Hall–Kier alpha value is -2.30. The van der Waals surface area contributed by atoms with Gasteiger partial charge in [0, 0.05) is 23.1 Å². The highest BCUT2D eigenvalue weighted by molar-refractivity contribution is 7.89. The molecule has 1 aliphatic heterocycles. The van der Waals surface area contributed by atoms with Crippen LogP contribution in [0.5, 0.6) is 0 Å². The van der Waals surface area contributed by atoms with Gasteiger partial charge in [0.15, 0.2) is 0 Å². The first kappa shape index (κ1) is 26.8. The lowest BCUT2D eigenvalue weighted by Gasteiger charge is -2.30. The Morgan fingerprint density at radius 1 is 0.972 bits per heavy atom. The summed E-state index contributed by atoms with van der Waals surface area (Å²) in [6.45, 7) is 0.169. The molecular weight excluding hydrogens is 560 g/mol. The van der Waals surface area contributed by atoms with Gasteiger partial charge in [0.05, 0.1) is 27.6 Å². The monoisotopic (exact) mass is 576 g/mol. The number of amides is 1. The molecule has 0 atom stereocenters. The van der Waals surface area contributed by atoms with E-state index >= 15 is 0 Å². The number of nitrogens with zero attached hydrogens (tertiary/aromatic N) is 1. The summed E-state index contributed by atoms with van der Waals surface area (Å²) in [6.07, 6.45) is -4.34. The summed E-state index contributed by atoms with van der Waals surface area (Å²) in [5, 5.41) is 3.40. The van der Waals surface area contributed by atoms with Gasteiger partial charge in [-0.15, -0.1) is 0 Å². The van der Waals surface area contributed by atoms with Gasteiger partial charge in [0.25, 0.3) is 0 Å². The second-order valence-corrected chi connectivity index (χ2v) is 11.4. The first-order chi connectivity index (χ1) is 16.8. The highest BCUT2D eigenvalue weighted by atomic mass is 35.5. The van der Waals surface area contributed by atoms with Crippen LogP contribution in [0.15, 0.2) is 59.5 Å². The Labute approximate surface area is 220 Å². The van der Waals surface area contributed by atoms with E-state index in [1.807, 2.05) is 0 Å². The molecule has 36 heavy (non-hydrogen) atoms. The fraction of sp³-hybridized carbons (Fsp3) is 0.208. The maximum Gasteiger partial charge on any atom is 0.416 e. The number of hydrogen-bond donors (Lipinski definition) is 1. The number of carbonyl (C=O) groups excluding carboxylic acids is 1. The summed E-state index contributed by atoms with van der Waals surface area (Å²) in [5.74, 6) is -0.464. The predicted molar refractivity (Wildman–Crippen MR) is 133 cm³/mol. The number of carbonyl (C=O) groups is 1. The molecule has 0 aromatic heterocycles. The number of nitrogens with one attached hydrogen (secondary N) is 1. The Morgan fingerprint density at radius 3 is 2.22 bits per heavy atom. The molecule has 190 valence electrons. The quantitative estimate of drug-likeness (QED) is 0.372. The van der Waals surface area contributed by atoms with Gasteiger partial charge in [-0.2, -0.15) is 17.5 Å². The Morgan fingerprint density at radius 2 is 1.61 bits per heavy atom. The summed E-state index contributed by atoms with van der Waals surface area (Å²) in [5.41, 5.74) is 1.31. The molecule has 0 aliphatic carbocycles. The standard InChI is InChI=1S/C24H18Cl3F3N2O3S/c25-17-10-18(26)12-19(11-17)36(34,35)32-8-7-20-15(13-32)3-6-21(27)23(20)31-22(33)9-14-1-4-16(5-2-14)24(28,29)30/h1-6,10-12H,7-9,13H2,(H,31,33). The molecule has 1 amide bonds. The lowest BCUT2D eigenvalue weighted by molar-refractivity contribution is -0.137. The maximum atomic E-state index is 13.2. The first-order valence-electron chi connectivity index (χ1n) is 10.6. The molecule has 3 aromatic carbocycles. The SMILES string of the molecule is O=C(Cc1ccc(C(F)(F)F)cc1)Nc1c(Cl)ccc2c1CCN(S(=O)(=O)c1cc(Cl)cc(Cl)c1)C2. The van der Waals surface area contributed by atoms with Crippen LogP contribution in [-0.4, -0.2) is 25.2 Å². The van der Waals surface area contributed by atoms with Gasteiger partial charge in [-0.05, 0) is 59.5 Å². The van der Waals surface area contributed by atoms with Crippen LogP contribution in [0.25, 0.3) is 0 Å². The Bertz CT molecular complexity index is 1410. The zero-order valence-corrected chi connectivity index (χ0v) is 21.5. The van der Waals surface area contributed by atoms with Gasteiger partial charge in [-0.25, -0.2) is 8.42 Å². The average Bonchev–Trinajstić information content (AvgIpc) is 2.79. The fourth-order valence-corrected chi connectivity index (χ4v) is 6.32. The van der Waals surface area contributed by atoms with E-state index in [4.69, 9.17) is 34.8 Å². The highest BCUT2D eigenvalue weighted by Crippen LogP contribution is 2.35. The van der Waals surface area contributed by atoms with Crippen LogP contribution in [0.4, 0.5) is 18.9 Å². The molecule has 0 spiro atoms. The number of halogens is 6. The van der Waals surface area contributed by atoms with Crippen molar-refractivity contribution in [3.63, 3.8) is 0 Å². The van der Waals surface area contributed by atoms with Crippen molar-refractivity contribution in [2.75, 3.05) is 11.9 Å². The zero-order valence-electron chi connectivity index (χ0n) is 18.4. The minimum absolute atomic E-state index is 0.0255. The van der Waals surface area contributed by atoms with E-state index in [1.165, 1.54) is 34.6 Å². The topological polar surface area (TPSA) is 66.5 Å². The van der Waals surface area contributed by atoms with Crippen LogP contribution < -0.4 is 5.32 Å². The van der Waals surface area contributed by atoms with Crippen molar-refractivity contribution >= 4 is 56.4 Å². The van der Waals surface area contributed by atoms with Crippen LogP contribution in [0.3, 0.4) is 0 Å². The summed E-state index contributed by atoms with van der Waals surface area (Å²) in [7, 11) is -3.89. The number of hydrogen-bond acceptors (Lipinski definition) is 3. The van der Waals surface area contributed by atoms with Gasteiger partial charge < -0.3 is 5.32 Å². The second kappa shape index (κ2) is 10.2. The molecule has 1 heterocycles. The lowest BCUT2D eigenvalue weighted by atomic mass is 9.98. The molecule has 0 bridgehead atoms. The summed E-state index contributed by atoms with van der Waals surface area (Å²) < 4.78 is 65.9. The predicted octanol–water partition coefficient (Wildman–Crippen LogP) is 6.59. The third kappa shape index (κ3) is 5.81. The number of sulfonamides is 1. The van der Waals surface area contributed by atoms with E-state index < -0.39 is 27.7 Å². The van der Waals surface area contributed by atoms with Crippen molar-refractivity contribution in [3.8, 4) is 0 Å². The van der Waals surface area contributed by atoms with Crippen molar-refractivity contribution in [3.05, 3.63) is 91.9 Å². The Kier molecular flexibility index (Phi) is 7.60. The molecule has 5 nitrogen and oxygen atoms in total. The van der Waals surface area contributed by atoms with Crippen molar-refractivity contribution in [1.29, 1.82) is 0 Å². The molecule has 1 N–H and O–H groups in total. The smallest absolute Gasteiger partial charge is 0.324 e. The van der Waals surface area contributed by atoms with Gasteiger partial charge >= 0.3 is 6.18 Å². The minimum atomic E-state index is -4.46. The molecular formula is C24H18Cl3F3N2O3S.